The Morgan fingerprint density at radius 1 is 1.27 bits per heavy atom. The van der Waals surface area contributed by atoms with Gasteiger partial charge in [-0.15, -0.1) is 0 Å². The van der Waals surface area contributed by atoms with Crippen LogP contribution in [0.2, 0.25) is 0 Å². The fraction of sp³-hybridized carbons (Fsp3) is 0.385. The average molecular weight is 203 g/mol. The van der Waals surface area contributed by atoms with Crippen molar-refractivity contribution >= 4 is 10.9 Å². The van der Waals surface area contributed by atoms with Gasteiger partial charge >= 0.3 is 0 Å². The maximum Gasteiger partial charge on any atom is 0.0725 e. The third-order valence-electron chi connectivity index (χ3n) is 2.59. The summed E-state index contributed by atoms with van der Waals surface area (Å²) < 4.78 is 7.79. The van der Waals surface area contributed by atoms with Gasteiger partial charge in [-0.3, -0.25) is 0 Å². The number of hydrogen-bond donors (Lipinski definition) is 0. The predicted molar refractivity (Wildman–Crippen MR) is 63.0 cm³/mol. The van der Waals surface area contributed by atoms with E-state index in [0.717, 1.165) is 13.2 Å². The standard InChI is InChI=1S/C13H17NO/c1-3-15-11(2)10-14-9-8-12-6-4-5-7-13(12)14/h4-9,11H,3,10H2,1-2H3. The molecule has 1 unspecified atom stereocenters. The molecule has 2 rings (SSSR count). The van der Waals surface area contributed by atoms with E-state index in [0.29, 0.717) is 0 Å². The largest absolute Gasteiger partial charge is 0.377 e. The molecule has 1 aromatic carbocycles. The SMILES string of the molecule is CCOC(C)Cn1ccc2ccccc21. The molecule has 0 fully saturated rings. The quantitative estimate of drug-likeness (QED) is 0.745. The summed E-state index contributed by atoms with van der Waals surface area (Å²) in [6, 6.07) is 10.6. The molecule has 1 atom stereocenters. The summed E-state index contributed by atoms with van der Waals surface area (Å²) in [5, 5.41) is 1.29. The van der Waals surface area contributed by atoms with E-state index in [-0.39, 0.29) is 6.10 Å². The highest BCUT2D eigenvalue weighted by Crippen LogP contribution is 2.15. The summed E-state index contributed by atoms with van der Waals surface area (Å²) in [5.74, 6) is 0. The van der Waals surface area contributed by atoms with E-state index in [1.807, 2.05) is 6.92 Å². The Morgan fingerprint density at radius 2 is 2.07 bits per heavy atom. The van der Waals surface area contributed by atoms with Crippen molar-refractivity contribution in [3.05, 3.63) is 36.5 Å². The molecule has 0 amide bonds. The Bertz CT molecular complexity index is 433. The minimum absolute atomic E-state index is 0.269. The molecule has 2 aromatic rings. The van der Waals surface area contributed by atoms with Crippen LogP contribution in [0, 0.1) is 0 Å². The summed E-state index contributed by atoms with van der Waals surface area (Å²) in [7, 11) is 0. The van der Waals surface area contributed by atoms with Crippen molar-refractivity contribution in [2.75, 3.05) is 6.61 Å². The molecule has 2 nitrogen and oxygen atoms in total. The highest BCUT2D eigenvalue weighted by atomic mass is 16.5. The Hall–Kier alpha value is -1.28. The number of fused-ring (bicyclic) bond motifs is 1. The second-order valence-electron chi connectivity index (χ2n) is 3.79. The van der Waals surface area contributed by atoms with Crippen LogP contribution in [0.5, 0.6) is 0 Å². The van der Waals surface area contributed by atoms with Crippen LogP contribution in [-0.2, 0) is 11.3 Å². The lowest BCUT2D eigenvalue weighted by molar-refractivity contribution is 0.0649. The molecule has 0 aliphatic carbocycles. The molecule has 0 saturated carbocycles. The average Bonchev–Trinajstić information content (AvgIpc) is 2.62. The van der Waals surface area contributed by atoms with Crippen LogP contribution < -0.4 is 0 Å². The maximum atomic E-state index is 5.54. The Morgan fingerprint density at radius 3 is 2.87 bits per heavy atom. The minimum Gasteiger partial charge on any atom is -0.377 e. The Balaban J connectivity index is 2.21. The van der Waals surface area contributed by atoms with Crippen molar-refractivity contribution < 1.29 is 4.74 Å². The van der Waals surface area contributed by atoms with E-state index in [2.05, 4.69) is 48.0 Å². The van der Waals surface area contributed by atoms with E-state index in [9.17, 15) is 0 Å². The van der Waals surface area contributed by atoms with Gasteiger partial charge in [-0.2, -0.15) is 0 Å². The van der Waals surface area contributed by atoms with E-state index in [4.69, 9.17) is 4.74 Å². The van der Waals surface area contributed by atoms with Gasteiger partial charge in [0.25, 0.3) is 0 Å². The Labute approximate surface area is 90.5 Å². The molecule has 15 heavy (non-hydrogen) atoms. The van der Waals surface area contributed by atoms with Crippen LogP contribution in [0.3, 0.4) is 0 Å². The van der Waals surface area contributed by atoms with E-state index in [1.165, 1.54) is 10.9 Å². The molecule has 2 heteroatoms. The predicted octanol–water partition coefficient (Wildman–Crippen LogP) is 3.07. The van der Waals surface area contributed by atoms with E-state index >= 15 is 0 Å². The van der Waals surface area contributed by atoms with Gasteiger partial charge in [0, 0.05) is 24.9 Å². The third-order valence-corrected chi connectivity index (χ3v) is 2.59. The fourth-order valence-electron chi connectivity index (χ4n) is 1.91. The zero-order valence-corrected chi connectivity index (χ0v) is 9.31. The normalized spacial score (nSPS) is 13.2. The topological polar surface area (TPSA) is 14.2 Å². The number of aromatic nitrogens is 1. The van der Waals surface area contributed by atoms with Crippen molar-refractivity contribution in [3.63, 3.8) is 0 Å². The first-order valence-electron chi connectivity index (χ1n) is 5.46. The zero-order chi connectivity index (χ0) is 10.7. The summed E-state index contributed by atoms with van der Waals surface area (Å²) in [6.45, 7) is 5.84. The minimum atomic E-state index is 0.269. The van der Waals surface area contributed by atoms with Gasteiger partial charge in [-0.1, -0.05) is 18.2 Å². The van der Waals surface area contributed by atoms with Crippen LogP contribution >= 0.6 is 0 Å². The number of hydrogen-bond acceptors (Lipinski definition) is 1. The fourth-order valence-corrected chi connectivity index (χ4v) is 1.91. The van der Waals surface area contributed by atoms with Crippen molar-refractivity contribution in [1.82, 2.24) is 4.57 Å². The van der Waals surface area contributed by atoms with E-state index < -0.39 is 0 Å². The third kappa shape index (κ3) is 2.21. The van der Waals surface area contributed by atoms with Gasteiger partial charge in [0.05, 0.1) is 6.10 Å². The van der Waals surface area contributed by atoms with Crippen LogP contribution in [0.1, 0.15) is 13.8 Å². The molecule has 0 aliphatic rings. The number of benzene rings is 1. The van der Waals surface area contributed by atoms with Crippen molar-refractivity contribution in [2.45, 2.75) is 26.5 Å². The first kappa shape index (κ1) is 10.2. The maximum absolute atomic E-state index is 5.54. The first-order chi connectivity index (χ1) is 7.31. The lowest BCUT2D eigenvalue weighted by atomic mass is 10.2. The summed E-state index contributed by atoms with van der Waals surface area (Å²) in [5.41, 5.74) is 1.28. The van der Waals surface area contributed by atoms with Gasteiger partial charge in [0.15, 0.2) is 0 Å². The molecule has 0 radical (unpaired) electrons. The smallest absolute Gasteiger partial charge is 0.0725 e. The molecule has 0 bridgehead atoms. The van der Waals surface area contributed by atoms with Gasteiger partial charge in [0.2, 0.25) is 0 Å². The highest BCUT2D eigenvalue weighted by Gasteiger charge is 2.04. The number of ether oxygens (including phenoxy) is 1. The van der Waals surface area contributed by atoms with Crippen LogP contribution in [-0.4, -0.2) is 17.3 Å². The molecule has 1 heterocycles. The molecule has 0 spiro atoms. The Kier molecular flexibility index (Phi) is 3.07. The van der Waals surface area contributed by atoms with Crippen molar-refractivity contribution in [1.29, 1.82) is 0 Å². The van der Waals surface area contributed by atoms with Gasteiger partial charge in [0.1, 0.15) is 0 Å². The second-order valence-corrected chi connectivity index (χ2v) is 3.79. The van der Waals surface area contributed by atoms with Crippen LogP contribution in [0.4, 0.5) is 0 Å². The monoisotopic (exact) mass is 203 g/mol. The second kappa shape index (κ2) is 4.49. The van der Waals surface area contributed by atoms with Crippen LogP contribution in [0.25, 0.3) is 10.9 Å². The lowest BCUT2D eigenvalue weighted by Crippen LogP contribution is -2.15. The number of para-hydroxylation sites is 1. The number of rotatable bonds is 4. The van der Waals surface area contributed by atoms with E-state index in [1.54, 1.807) is 0 Å². The van der Waals surface area contributed by atoms with Gasteiger partial charge in [-0.25, -0.2) is 0 Å². The van der Waals surface area contributed by atoms with Crippen LogP contribution in [0.15, 0.2) is 36.5 Å². The summed E-state index contributed by atoms with van der Waals surface area (Å²) in [6.07, 6.45) is 2.39. The van der Waals surface area contributed by atoms with Gasteiger partial charge in [-0.05, 0) is 31.4 Å². The van der Waals surface area contributed by atoms with Crippen molar-refractivity contribution in [2.24, 2.45) is 0 Å². The molecule has 0 aliphatic heterocycles. The van der Waals surface area contributed by atoms with Crippen molar-refractivity contribution in [3.8, 4) is 0 Å². The molecule has 1 aromatic heterocycles. The molecule has 0 N–H and O–H groups in total. The molecule has 80 valence electrons. The first-order valence-corrected chi connectivity index (χ1v) is 5.46. The zero-order valence-electron chi connectivity index (χ0n) is 9.31. The van der Waals surface area contributed by atoms with Gasteiger partial charge < -0.3 is 9.30 Å². The summed E-state index contributed by atoms with van der Waals surface area (Å²) in [4.78, 5) is 0. The molecular formula is C13H17NO. The highest BCUT2D eigenvalue weighted by molar-refractivity contribution is 5.79. The number of nitrogens with zero attached hydrogens (tertiary/aromatic N) is 1. The molecular weight excluding hydrogens is 186 g/mol. The summed E-state index contributed by atoms with van der Waals surface area (Å²) >= 11 is 0. The molecule has 0 saturated heterocycles. The lowest BCUT2D eigenvalue weighted by Gasteiger charge is -2.13.